The smallest absolute Gasteiger partial charge is 0.305 e. The predicted molar refractivity (Wildman–Crippen MR) is 158 cm³/mol. The van der Waals surface area contributed by atoms with Gasteiger partial charge in [-0.3, -0.25) is 9.59 Å². The van der Waals surface area contributed by atoms with Crippen molar-refractivity contribution in [3.63, 3.8) is 0 Å². The molecule has 0 aromatic heterocycles. The van der Waals surface area contributed by atoms with Crippen molar-refractivity contribution in [2.75, 3.05) is 13.2 Å². The van der Waals surface area contributed by atoms with E-state index in [4.69, 9.17) is 9.47 Å². The summed E-state index contributed by atoms with van der Waals surface area (Å²) in [4.78, 5) is 23.6. The second kappa shape index (κ2) is 26.5. The minimum atomic E-state index is -0.0122. The fraction of sp³-hybridized carbons (Fsp3) is 0.939. The molecule has 4 nitrogen and oxygen atoms in total. The third kappa shape index (κ3) is 29.4. The van der Waals surface area contributed by atoms with E-state index in [-0.39, 0.29) is 11.9 Å². The Morgan fingerprint density at radius 1 is 0.432 bits per heavy atom. The van der Waals surface area contributed by atoms with Gasteiger partial charge in [-0.2, -0.15) is 0 Å². The molecule has 0 aliphatic heterocycles. The molecule has 0 radical (unpaired) electrons. The maximum atomic E-state index is 11.9. The van der Waals surface area contributed by atoms with Crippen molar-refractivity contribution in [3.05, 3.63) is 0 Å². The topological polar surface area (TPSA) is 52.6 Å². The van der Waals surface area contributed by atoms with Gasteiger partial charge in [0.1, 0.15) is 0 Å². The van der Waals surface area contributed by atoms with Gasteiger partial charge in [-0.05, 0) is 56.3 Å². The zero-order valence-corrected chi connectivity index (χ0v) is 25.6. The van der Waals surface area contributed by atoms with Crippen LogP contribution in [0.2, 0.25) is 0 Å². The fourth-order valence-corrected chi connectivity index (χ4v) is 4.69. The Labute approximate surface area is 231 Å². The number of hydrogen-bond acceptors (Lipinski definition) is 4. The number of unbranched alkanes of at least 4 members (excludes halogenated alkanes) is 12. The molecule has 0 spiro atoms. The second-order valence-corrected chi connectivity index (χ2v) is 12.3. The van der Waals surface area contributed by atoms with Crippen LogP contribution in [0, 0.1) is 17.8 Å². The highest BCUT2D eigenvalue weighted by atomic mass is 16.5. The molecule has 0 aliphatic carbocycles. The van der Waals surface area contributed by atoms with Gasteiger partial charge in [0.15, 0.2) is 0 Å². The normalized spacial score (nSPS) is 12.3. The Bertz CT molecular complexity index is 514. The number of rotatable bonds is 27. The van der Waals surface area contributed by atoms with Crippen LogP contribution in [0.15, 0.2) is 0 Å². The zero-order chi connectivity index (χ0) is 27.6. The van der Waals surface area contributed by atoms with E-state index in [0.29, 0.717) is 32.0 Å². The molecule has 0 heterocycles. The summed E-state index contributed by atoms with van der Waals surface area (Å²) < 4.78 is 10.7. The van der Waals surface area contributed by atoms with E-state index in [1.165, 1.54) is 77.0 Å². The maximum Gasteiger partial charge on any atom is 0.305 e. The third-order valence-electron chi connectivity index (χ3n) is 7.30. The van der Waals surface area contributed by atoms with Gasteiger partial charge in [0.05, 0.1) is 13.2 Å². The lowest BCUT2D eigenvalue weighted by Crippen LogP contribution is -2.08. The predicted octanol–water partition coefficient (Wildman–Crippen LogP) is 10.2. The summed E-state index contributed by atoms with van der Waals surface area (Å²) in [7, 11) is 0. The average Bonchev–Trinajstić information content (AvgIpc) is 2.84. The van der Waals surface area contributed by atoms with Gasteiger partial charge in [-0.15, -0.1) is 0 Å². The van der Waals surface area contributed by atoms with Crippen molar-refractivity contribution in [2.45, 2.75) is 169 Å². The van der Waals surface area contributed by atoms with Crippen LogP contribution in [0.25, 0.3) is 0 Å². The molecule has 0 saturated carbocycles. The molecule has 1 unspecified atom stereocenters. The summed E-state index contributed by atoms with van der Waals surface area (Å²) in [5, 5.41) is 0. The fourth-order valence-electron chi connectivity index (χ4n) is 4.69. The van der Waals surface area contributed by atoms with Gasteiger partial charge < -0.3 is 9.47 Å². The quantitative estimate of drug-likeness (QED) is 0.0792. The van der Waals surface area contributed by atoms with Crippen LogP contribution < -0.4 is 0 Å². The monoisotopic (exact) mass is 524 g/mol. The Balaban J connectivity index is 3.32. The SMILES string of the molecule is CC(C)CCCCOC(=O)CCCCCCCCCCCCCC(C)CCC(=O)OCCCCC(C)C. The molecule has 0 fully saturated rings. The minimum Gasteiger partial charge on any atom is -0.466 e. The van der Waals surface area contributed by atoms with Gasteiger partial charge in [0.2, 0.25) is 0 Å². The first-order chi connectivity index (χ1) is 17.8. The second-order valence-electron chi connectivity index (χ2n) is 12.3. The van der Waals surface area contributed by atoms with Gasteiger partial charge in [0, 0.05) is 12.8 Å². The molecule has 0 aromatic rings. The zero-order valence-electron chi connectivity index (χ0n) is 25.6. The largest absolute Gasteiger partial charge is 0.466 e. The standard InChI is InChI=1S/C33H64O4/c1-29(2)21-17-19-27-36-32(34)24-16-14-12-10-8-6-7-9-11-13-15-23-31(5)25-26-33(35)37-28-20-18-22-30(3)4/h29-31H,6-28H2,1-5H3. The first kappa shape index (κ1) is 35.9. The molecule has 220 valence electrons. The molecule has 0 rings (SSSR count). The van der Waals surface area contributed by atoms with Crippen molar-refractivity contribution >= 4 is 11.9 Å². The number of ether oxygens (including phenoxy) is 2. The van der Waals surface area contributed by atoms with Crippen molar-refractivity contribution < 1.29 is 19.1 Å². The molecule has 0 aliphatic rings. The first-order valence-electron chi connectivity index (χ1n) is 16.1. The van der Waals surface area contributed by atoms with Crippen LogP contribution in [0.1, 0.15) is 169 Å². The van der Waals surface area contributed by atoms with E-state index in [1.54, 1.807) is 0 Å². The van der Waals surface area contributed by atoms with Crippen LogP contribution in [-0.2, 0) is 19.1 Å². The molecule has 0 bridgehead atoms. The average molecular weight is 525 g/mol. The first-order valence-corrected chi connectivity index (χ1v) is 16.1. The third-order valence-corrected chi connectivity index (χ3v) is 7.30. The van der Waals surface area contributed by atoms with E-state index in [9.17, 15) is 9.59 Å². The van der Waals surface area contributed by atoms with Crippen molar-refractivity contribution in [1.82, 2.24) is 0 Å². The highest BCUT2D eigenvalue weighted by Crippen LogP contribution is 2.18. The van der Waals surface area contributed by atoms with Crippen LogP contribution in [0.5, 0.6) is 0 Å². The summed E-state index contributed by atoms with van der Waals surface area (Å²) in [5.41, 5.74) is 0. The molecule has 0 amide bonds. The Kier molecular flexibility index (Phi) is 25.8. The van der Waals surface area contributed by atoms with Crippen molar-refractivity contribution in [3.8, 4) is 0 Å². The highest BCUT2D eigenvalue weighted by molar-refractivity contribution is 5.69. The molecular weight excluding hydrogens is 460 g/mol. The molecule has 0 N–H and O–H groups in total. The minimum absolute atomic E-state index is 0.00986. The summed E-state index contributed by atoms with van der Waals surface area (Å²) in [6.07, 6.45) is 24.1. The van der Waals surface area contributed by atoms with E-state index in [1.807, 2.05) is 0 Å². The molecular formula is C33H64O4. The lowest BCUT2D eigenvalue weighted by molar-refractivity contribution is -0.145. The lowest BCUT2D eigenvalue weighted by Gasteiger charge is -2.11. The van der Waals surface area contributed by atoms with Crippen LogP contribution >= 0.6 is 0 Å². The Morgan fingerprint density at radius 3 is 1.27 bits per heavy atom. The number of hydrogen-bond donors (Lipinski definition) is 0. The molecule has 0 saturated heterocycles. The van der Waals surface area contributed by atoms with Crippen LogP contribution in [0.4, 0.5) is 0 Å². The summed E-state index contributed by atoms with van der Waals surface area (Å²) in [6, 6.07) is 0. The van der Waals surface area contributed by atoms with Crippen LogP contribution in [0.3, 0.4) is 0 Å². The maximum absolute atomic E-state index is 11.9. The lowest BCUT2D eigenvalue weighted by atomic mass is 9.97. The highest BCUT2D eigenvalue weighted by Gasteiger charge is 2.08. The summed E-state index contributed by atoms with van der Waals surface area (Å²) in [5.74, 6) is 2.06. The molecule has 1 atom stereocenters. The molecule has 37 heavy (non-hydrogen) atoms. The summed E-state index contributed by atoms with van der Waals surface area (Å²) >= 11 is 0. The van der Waals surface area contributed by atoms with Gasteiger partial charge in [-0.25, -0.2) is 0 Å². The molecule has 4 heteroatoms. The summed E-state index contributed by atoms with van der Waals surface area (Å²) in [6.45, 7) is 12.4. The van der Waals surface area contributed by atoms with E-state index >= 15 is 0 Å². The Hall–Kier alpha value is -1.06. The van der Waals surface area contributed by atoms with Gasteiger partial charge in [0.25, 0.3) is 0 Å². The van der Waals surface area contributed by atoms with Crippen molar-refractivity contribution in [2.24, 2.45) is 17.8 Å². The van der Waals surface area contributed by atoms with E-state index in [2.05, 4.69) is 34.6 Å². The number of carbonyl (C=O) groups excluding carboxylic acids is 2. The van der Waals surface area contributed by atoms with E-state index in [0.717, 1.165) is 56.8 Å². The van der Waals surface area contributed by atoms with E-state index < -0.39 is 0 Å². The number of carbonyl (C=O) groups is 2. The van der Waals surface area contributed by atoms with Gasteiger partial charge in [-0.1, -0.05) is 118 Å². The van der Waals surface area contributed by atoms with Crippen LogP contribution in [-0.4, -0.2) is 25.2 Å². The Morgan fingerprint density at radius 2 is 0.811 bits per heavy atom. The molecule has 0 aromatic carbocycles. The van der Waals surface area contributed by atoms with Gasteiger partial charge >= 0.3 is 11.9 Å². The number of esters is 2. The van der Waals surface area contributed by atoms with Crippen molar-refractivity contribution in [1.29, 1.82) is 0 Å².